The number of rotatable bonds is 6. The van der Waals surface area contributed by atoms with Crippen molar-refractivity contribution in [3.8, 4) is 0 Å². The molecule has 5 nitrogen and oxygen atoms in total. The first-order valence-corrected chi connectivity index (χ1v) is 7.49. The Balaban J connectivity index is 3.18. The predicted octanol–water partition coefficient (Wildman–Crippen LogP) is 1.79. The van der Waals surface area contributed by atoms with Crippen molar-refractivity contribution in [2.24, 2.45) is 5.92 Å². The molecule has 1 aromatic rings. The molecule has 0 bridgehead atoms. The lowest BCUT2D eigenvalue weighted by Crippen LogP contribution is -2.34. The van der Waals surface area contributed by atoms with E-state index in [4.69, 9.17) is 0 Å². The number of anilines is 1. The van der Waals surface area contributed by atoms with Gasteiger partial charge < -0.3 is 5.32 Å². The molecule has 0 amide bonds. The molecule has 1 rings (SSSR count). The third kappa shape index (κ3) is 3.20. The number of nitrogens with one attached hydrogen (secondary N) is 1. The summed E-state index contributed by atoms with van der Waals surface area (Å²) >= 11 is 0. The topological polar surface area (TPSA) is 62.3 Å². The Kier molecular flexibility index (Phi) is 5.10. The molecule has 0 radical (unpaired) electrons. The minimum absolute atomic E-state index is 0.231. The molecule has 0 fully saturated rings. The van der Waals surface area contributed by atoms with Crippen LogP contribution < -0.4 is 5.32 Å². The molecule has 1 N–H and O–H groups in total. The van der Waals surface area contributed by atoms with Gasteiger partial charge in [-0.1, -0.05) is 20.8 Å². The molecule has 0 unspecified atom stereocenters. The van der Waals surface area contributed by atoms with E-state index in [1.165, 1.54) is 10.5 Å². The average Bonchev–Trinajstić information content (AvgIpc) is 2.35. The Morgan fingerprint density at radius 3 is 2.61 bits per heavy atom. The molecule has 1 heterocycles. The maximum atomic E-state index is 12.5. The highest BCUT2D eigenvalue weighted by Crippen LogP contribution is 2.23. The van der Waals surface area contributed by atoms with E-state index in [1.54, 1.807) is 19.3 Å². The zero-order chi connectivity index (χ0) is 13.8. The summed E-state index contributed by atoms with van der Waals surface area (Å²) in [7, 11) is -1.78. The van der Waals surface area contributed by atoms with Gasteiger partial charge >= 0.3 is 0 Å². The quantitative estimate of drug-likeness (QED) is 0.857. The molecule has 0 atom stereocenters. The van der Waals surface area contributed by atoms with Crippen LogP contribution in [0.5, 0.6) is 0 Å². The van der Waals surface area contributed by atoms with Gasteiger partial charge in [-0.3, -0.25) is 4.98 Å². The number of nitrogens with zero attached hydrogens (tertiary/aromatic N) is 2. The predicted molar refractivity (Wildman–Crippen MR) is 73.1 cm³/mol. The van der Waals surface area contributed by atoms with E-state index >= 15 is 0 Å². The molecule has 0 aliphatic carbocycles. The van der Waals surface area contributed by atoms with Crippen LogP contribution in [-0.4, -0.2) is 37.8 Å². The highest BCUT2D eigenvalue weighted by molar-refractivity contribution is 7.89. The molecule has 0 saturated heterocycles. The first-order chi connectivity index (χ1) is 8.43. The van der Waals surface area contributed by atoms with Crippen molar-refractivity contribution in [2.45, 2.75) is 25.7 Å². The Bertz CT molecular complexity index is 486. The zero-order valence-electron chi connectivity index (χ0n) is 11.3. The van der Waals surface area contributed by atoms with Gasteiger partial charge in [0.15, 0.2) is 0 Å². The number of pyridine rings is 1. The molecular weight excluding hydrogens is 250 g/mol. The maximum absolute atomic E-state index is 12.5. The van der Waals surface area contributed by atoms with Crippen LogP contribution in [-0.2, 0) is 10.0 Å². The van der Waals surface area contributed by atoms with Gasteiger partial charge in [0.2, 0.25) is 10.0 Å². The fourth-order valence-electron chi connectivity index (χ4n) is 1.74. The number of hydrogen-bond acceptors (Lipinski definition) is 4. The van der Waals surface area contributed by atoms with Gasteiger partial charge in [-0.2, -0.15) is 4.31 Å². The van der Waals surface area contributed by atoms with Crippen LogP contribution in [0.4, 0.5) is 5.69 Å². The summed E-state index contributed by atoms with van der Waals surface area (Å²) in [6.45, 7) is 6.81. The molecule has 1 aromatic heterocycles. The van der Waals surface area contributed by atoms with Crippen LogP contribution in [0.25, 0.3) is 0 Å². The van der Waals surface area contributed by atoms with Crippen molar-refractivity contribution in [1.29, 1.82) is 0 Å². The lowest BCUT2D eigenvalue weighted by atomic mass is 10.2. The van der Waals surface area contributed by atoms with Crippen LogP contribution in [0, 0.1) is 5.92 Å². The minimum atomic E-state index is -3.48. The number of aromatic nitrogens is 1. The molecule has 0 aliphatic rings. The van der Waals surface area contributed by atoms with Crippen LogP contribution in [0.3, 0.4) is 0 Å². The van der Waals surface area contributed by atoms with Crippen molar-refractivity contribution >= 4 is 15.7 Å². The Morgan fingerprint density at radius 1 is 1.44 bits per heavy atom. The first kappa shape index (κ1) is 14.9. The van der Waals surface area contributed by atoms with Gasteiger partial charge in [0, 0.05) is 32.5 Å². The molecule has 0 spiro atoms. The zero-order valence-corrected chi connectivity index (χ0v) is 12.2. The van der Waals surface area contributed by atoms with Crippen LogP contribution in [0.15, 0.2) is 23.4 Å². The lowest BCUT2D eigenvalue weighted by molar-refractivity contribution is 0.381. The van der Waals surface area contributed by atoms with Crippen LogP contribution in [0.2, 0.25) is 0 Å². The Labute approximate surface area is 109 Å². The second-order valence-corrected chi connectivity index (χ2v) is 6.38. The summed E-state index contributed by atoms with van der Waals surface area (Å²) < 4.78 is 26.5. The van der Waals surface area contributed by atoms with Crippen molar-refractivity contribution in [3.63, 3.8) is 0 Å². The van der Waals surface area contributed by atoms with Crippen molar-refractivity contribution in [1.82, 2.24) is 9.29 Å². The molecule has 0 aliphatic heterocycles. The summed E-state index contributed by atoms with van der Waals surface area (Å²) in [4.78, 5) is 4.14. The smallest absolute Gasteiger partial charge is 0.246 e. The first-order valence-electron chi connectivity index (χ1n) is 6.05. The second-order valence-electron chi connectivity index (χ2n) is 4.47. The second kappa shape index (κ2) is 6.15. The van der Waals surface area contributed by atoms with Gasteiger partial charge in [0.05, 0.1) is 5.69 Å². The van der Waals surface area contributed by atoms with Gasteiger partial charge in [-0.25, -0.2) is 8.42 Å². The Hall–Kier alpha value is -1.14. The van der Waals surface area contributed by atoms with Gasteiger partial charge in [0.25, 0.3) is 0 Å². The van der Waals surface area contributed by atoms with Crippen molar-refractivity contribution in [3.05, 3.63) is 18.5 Å². The summed E-state index contributed by atoms with van der Waals surface area (Å²) in [5.41, 5.74) is 0.576. The Morgan fingerprint density at radius 2 is 2.11 bits per heavy atom. The van der Waals surface area contributed by atoms with Gasteiger partial charge in [0.1, 0.15) is 4.90 Å². The van der Waals surface area contributed by atoms with Crippen molar-refractivity contribution < 1.29 is 8.42 Å². The molecule has 102 valence electrons. The van der Waals surface area contributed by atoms with Gasteiger partial charge in [-0.05, 0) is 12.0 Å². The molecule has 18 heavy (non-hydrogen) atoms. The molecule has 0 aromatic carbocycles. The highest BCUT2D eigenvalue weighted by atomic mass is 32.2. The van der Waals surface area contributed by atoms with E-state index in [1.807, 2.05) is 20.8 Å². The summed E-state index contributed by atoms with van der Waals surface area (Å²) in [5.74, 6) is 0.287. The van der Waals surface area contributed by atoms with E-state index in [0.717, 1.165) is 0 Å². The fraction of sp³-hybridized carbons (Fsp3) is 0.583. The number of hydrogen-bond donors (Lipinski definition) is 1. The minimum Gasteiger partial charge on any atom is -0.387 e. The standard InChI is InChI=1S/C12H21N3O2S/c1-5-15(9-10(2)3)18(16,17)12-8-14-7-6-11(12)13-4/h6-8,10H,5,9H2,1-4H3,(H,13,14). The maximum Gasteiger partial charge on any atom is 0.246 e. The van der Waals surface area contributed by atoms with E-state index in [0.29, 0.717) is 18.8 Å². The lowest BCUT2D eigenvalue weighted by Gasteiger charge is -2.23. The number of sulfonamides is 1. The van der Waals surface area contributed by atoms with E-state index in [2.05, 4.69) is 10.3 Å². The molecule has 6 heteroatoms. The van der Waals surface area contributed by atoms with Crippen LogP contribution in [0.1, 0.15) is 20.8 Å². The van der Waals surface area contributed by atoms with Gasteiger partial charge in [-0.15, -0.1) is 0 Å². The third-order valence-electron chi connectivity index (χ3n) is 2.59. The fourth-order valence-corrected chi connectivity index (χ4v) is 3.49. The summed E-state index contributed by atoms with van der Waals surface area (Å²) in [5, 5.41) is 2.89. The normalized spacial score (nSPS) is 12.1. The van der Waals surface area contributed by atoms with Crippen LogP contribution >= 0.6 is 0 Å². The molecular formula is C12H21N3O2S. The summed E-state index contributed by atoms with van der Waals surface area (Å²) in [6, 6.07) is 1.66. The SMILES string of the molecule is CCN(CC(C)C)S(=O)(=O)c1cnccc1NC. The summed E-state index contributed by atoms with van der Waals surface area (Å²) in [6.07, 6.45) is 2.97. The van der Waals surface area contributed by atoms with E-state index in [9.17, 15) is 8.42 Å². The highest BCUT2D eigenvalue weighted by Gasteiger charge is 2.26. The van der Waals surface area contributed by atoms with E-state index < -0.39 is 10.0 Å². The van der Waals surface area contributed by atoms with E-state index in [-0.39, 0.29) is 10.8 Å². The molecule has 0 saturated carbocycles. The average molecular weight is 271 g/mol. The largest absolute Gasteiger partial charge is 0.387 e. The van der Waals surface area contributed by atoms with Crippen molar-refractivity contribution in [2.75, 3.05) is 25.5 Å². The third-order valence-corrected chi connectivity index (χ3v) is 4.56. The monoisotopic (exact) mass is 271 g/mol.